The largest absolute Gasteiger partial charge is 0.444 e. The Morgan fingerprint density at radius 3 is 2.60 bits per heavy atom. The Morgan fingerprint density at radius 2 is 2.10 bits per heavy atom. The molecule has 1 N–H and O–H groups in total. The summed E-state index contributed by atoms with van der Waals surface area (Å²) in [6.45, 7) is 7.23. The van der Waals surface area contributed by atoms with Crippen LogP contribution in [0.15, 0.2) is 18.2 Å². The normalized spacial score (nSPS) is 12.7. The third-order valence-electron chi connectivity index (χ3n) is 2.51. The summed E-state index contributed by atoms with van der Waals surface area (Å²) in [5.74, 6) is 0. The molecule has 5 heteroatoms. The first-order valence-electron chi connectivity index (χ1n) is 6.41. The summed E-state index contributed by atoms with van der Waals surface area (Å²) in [5.41, 5.74) is 1.26. The molecular weight excluding hydrogens is 278 g/mol. The van der Waals surface area contributed by atoms with Gasteiger partial charge in [0.25, 0.3) is 0 Å². The number of aldehydes is 1. The first-order valence-corrected chi connectivity index (χ1v) is 6.79. The van der Waals surface area contributed by atoms with Crippen LogP contribution < -0.4 is 5.32 Å². The van der Waals surface area contributed by atoms with Crippen molar-refractivity contribution < 1.29 is 14.3 Å². The second-order valence-electron chi connectivity index (χ2n) is 5.69. The lowest BCUT2D eigenvalue weighted by atomic mass is 10.1. The van der Waals surface area contributed by atoms with Crippen molar-refractivity contribution in [2.24, 2.45) is 0 Å². The van der Waals surface area contributed by atoms with E-state index in [1.165, 1.54) is 0 Å². The van der Waals surface area contributed by atoms with Crippen LogP contribution in [0.2, 0.25) is 5.02 Å². The van der Waals surface area contributed by atoms with Crippen molar-refractivity contribution >= 4 is 24.0 Å². The van der Waals surface area contributed by atoms with Crippen LogP contribution in [0.4, 0.5) is 4.79 Å². The molecule has 0 saturated heterocycles. The van der Waals surface area contributed by atoms with Crippen LogP contribution in [-0.2, 0) is 16.0 Å². The van der Waals surface area contributed by atoms with Crippen molar-refractivity contribution in [2.75, 3.05) is 0 Å². The fourth-order valence-electron chi connectivity index (χ4n) is 1.65. The van der Waals surface area contributed by atoms with Crippen LogP contribution >= 0.6 is 11.6 Å². The highest BCUT2D eigenvalue weighted by Crippen LogP contribution is 2.19. The number of amides is 1. The number of nitrogens with one attached hydrogen (secondary N) is 1. The molecule has 0 aliphatic carbocycles. The van der Waals surface area contributed by atoms with Crippen LogP contribution in [0.3, 0.4) is 0 Å². The van der Waals surface area contributed by atoms with Crippen LogP contribution in [-0.4, -0.2) is 24.0 Å². The molecule has 4 nitrogen and oxygen atoms in total. The van der Waals surface area contributed by atoms with E-state index in [4.69, 9.17) is 16.3 Å². The Hall–Kier alpha value is -1.55. The van der Waals surface area contributed by atoms with E-state index < -0.39 is 17.7 Å². The summed E-state index contributed by atoms with van der Waals surface area (Å²) >= 11 is 6.11. The van der Waals surface area contributed by atoms with Gasteiger partial charge in [-0.05, 0) is 44.9 Å². The number of hydrogen-bond donors (Lipinski definition) is 1. The van der Waals surface area contributed by atoms with Crippen molar-refractivity contribution in [1.29, 1.82) is 0 Å². The molecule has 0 aromatic heterocycles. The minimum absolute atomic E-state index is 0.335. The molecular formula is C15H20ClNO3. The Kier molecular flexibility index (Phi) is 5.57. The number of ether oxygens (including phenoxy) is 1. The van der Waals surface area contributed by atoms with Crippen LogP contribution in [0.25, 0.3) is 0 Å². The van der Waals surface area contributed by atoms with E-state index in [9.17, 15) is 9.59 Å². The smallest absolute Gasteiger partial charge is 0.408 e. The van der Waals surface area contributed by atoms with Gasteiger partial charge >= 0.3 is 6.09 Å². The Bertz CT molecular complexity index is 494. The third kappa shape index (κ3) is 5.61. The summed E-state index contributed by atoms with van der Waals surface area (Å²) in [5, 5.41) is 3.11. The van der Waals surface area contributed by atoms with Crippen molar-refractivity contribution in [3.63, 3.8) is 0 Å². The zero-order chi connectivity index (χ0) is 15.3. The topological polar surface area (TPSA) is 55.4 Å². The summed E-state index contributed by atoms with van der Waals surface area (Å²) in [7, 11) is 0. The second kappa shape index (κ2) is 6.75. The number of aryl methyl sites for hydroxylation is 1. The summed E-state index contributed by atoms with van der Waals surface area (Å²) in [6, 6.07) is 4.93. The summed E-state index contributed by atoms with van der Waals surface area (Å²) in [4.78, 5) is 22.7. The van der Waals surface area contributed by atoms with Crippen molar-refractivity contribution in [3.8, 4) is 0 Å². The highest BCUT2D eigenvalue weighted by Gasteiger charge is 2.19. The van der Waals surface area contributed by atoms with Gasteiger partial charge in [0.15, 0.2) is 0 Å². The molecule has 0 spiro atoms. The third-order valence-corrected chi connectivity index (χ3v) is 2.87. The lowest BCUT2D eigenvalue weighted by molar-refractivity contribution is -0.109. The van der Waals surface area contributed by atoms with Gasteiger partial charge < -0.3 is 14.8 Å². The lowest BCUT2D eigenvalue weighted by Gasteiger charge is -2.21. The second-order valence-corrected chi connectivity index (χ2v) is 6.09. The van der Waals surface area contributed by atoms with Gasteiger partial charge in [-0.2, -0.15) is 0 Å². The summed E-state index contributed by atoms with van der Waals surface area (Å²) < 4.78 is 5.12. The van der Waals surface area contributed by atoms with Gasteiger partial charge in [-0.25, -0.2) is 4.79 Å². The molecule has 110 valence electrons. The zero-order valence-electron chi connectivity index (χ0n) is 12.2. The molecule has 1 aromatic carbocycles. The quantitative estimate of drug-likeness (QED) is 0.868. The Balaban J connectivity index is 2.68. The predicted octanol–water partition coefficient (Wildman–Crippen LogP) is 3.28. The van der Waals surface area contributed by atoms with E-state index in [1.54, 1.807) is 20.8 Å². The molecule has 1 atom stereocenters. The highest BCUT2D eigenvalue weighted by molar-refractivity contribution is 6.31. The molecule has 0 bridgehead atoms. The standard InChI is InChI=1S/C15H20ClNO3/c1-10-5-6-11(13(16)7-10)8-12(9-18)17-14(19)20-15(2,3)4/h5-7,9,12H,8H2,1-4H3,(H,17,19). The molecule has 1 aromatic rings. The molecule has 0 radical (unpaired) electrons. The average molecular weight is 298 g/mol. The van der Waals surface area contributed by atoms with Gasteiger partial charge in [0.2, 0.25) is 0 Å². The van der Waals surface area contributed by atoms with Crippen molar-refractivity contribution in [1.82, 2.24) is 5.32 Å². The van der Waals surface area contributed by atoms with Gasteiger partial charge in [-0.3, -0.25) is 0 Å². The van der Waals surface area contributed by atoms with Crippen LogP contribution in [0.1, 0.15) is 31.9 Å². The van der Waals surface area contributed by atoms with E-state index in [2.05, 4.69) is 5.32 Å². The van der Waals surface area contributed by atoms with E-state index in [0.717, 1.165) is 11.1 Å². The molecule has 0 saturated carbocycles. The number of halogens is 1. The number of carbonyl (C=O) groups is 2. The van der Waals surface area contributed by atoms with E-state index in [0.29, 0.717) is 17.7 Å². The maximum Gasteiger partial charge on any atom is 0.408 e. The molecule has 0 fully saturated rings. The fourth-order valence-corrected chi connectivity index (χ4v) is 1.96. The zero-order valence-corrected chi connectivity index (χ0v) is 13.0. The number of benzene rings is 1. The highest BCUT2D eigenvalue weighted by atomic mass is 35.5. The lowest BCUT2D eigenvalue weighted by Crippen LogP contribution is -2.41. The van der Waals surface area contributed by atoms with Gasteiger partial charge in [0.05, 0.1) is 6.04 Å². The van der Waals surface area contributed by atoms with Crippen molar-refractivity contribution in [2.45, 2.75) is 45.8 Å². The number of hydrogen-bond acceptors (Lipinski definition) is 3. The van der Waals surface area contributed by atoms with Crippen LogP contribution in [0.5, 0.6) is 0 Å². The number of carbonyl (C=O) groups excluding carboxylic acids is 2. The van der Waals surface area contributed by atoms with E-state index in [1.807, 2.05) is 25.1 Å². The van der Waals surface area contributed by atoms with Gasteiger partial charge in [0, 0.05) is 11.4 Å². The first kappa shape index (κ1) is 16.5. The van der Waals surface area contributed by atoms with E-state index in [-0.39, 0.29) is 0 Å². The Morgan fingerprint density at radius 1 is 1.45 bits per heavy atom. The average Bonchev–Trinajstić information content (AvgIpc) is 2.29. The maximum absolute atomic E-state index is 11.6. The Labute approximate surface area is 124 Å². The minimum Gasteiger partial charge on any atom is -0.444 e. The van der Waals surface area contributed by atoms with E-state index >= 15 is 0 Å². The monoisotopic (exact) mass is 297 g/mol. The molecule has 0 heterocycles. The molecule has 20 heavy (non-hydrogen) atoms. The van der Waals surface area contributed by atoms with Crippen LogP contribution in [0, 0.1) is 6.92 Å². The van der Waals surface area contributed by atoms with Crippen molar-refractivity contribution in [3.05, 3.63) is 34.3 Å². The van der Waals surface area contributed by atoms with Gasteiger partial charge in [0.1, 0.15) is 11.9 Å². The number of alkyl carbamates (subject to hydrolysis) is 1. The molecule has 0 aliphatic rings. The predicted molar refractivity (Wildman–Crippen MR) is 79.1 cm³/mol. The SMILES string of the molecule is Cc1ccc(CC(C=O)NC(=O)OC(C)(C)C)c(Cl)c1. The fraction of sp³-hybridized carbons (Fsp3) is 0.467. The first-order chi connectivity index (χ1) is 9.21. The minimum atomic E-state index is -0.662. The molecule has 1 amide bonds. The molecule has 1 unspecified atom stereocenters. The summed E-state index contributed by atoms with van der Waals surface area (Å²) in [6.07, 6.45) is 0.403. The van der Waals surface area contributed by atoms with Gasteiger partial charge in [-0.1, -0.05) is 23.7 Å². The maximum atomic E-state index is 11.6. The van der Waals surface area contributed by atoms with Gasteiger partial charge in [-0.15, -0.1) is 0 Å². The number of rotatable bonds is 4. The molecule has 0 aliphatic heterocycles. The molecule has 1 rings (SSSR count).